The smallest absolute Gasteiger partial charge is 0.127 e. The molecule has 0 radical (unpaired) electrons. The topological polar surface area (TPSA) is 65.8 Å². The summed E-state index contributed by atoms with van der Waals surface area (Å²) in [5, 5.41) is 11.9. The summed E-state index contributed by atoms with van der Waals surface area (Å²) in [6, 6.07) is 5.58. The molecule has 0 aliphatic heterocycles. The number of anilines is 1. The summed E-state index contributed by atoms with van der Waals surface area (Å²) in [4.78, 5) is 4.27. The van der Waals surface area contributed by atoms with Gasteiger partial charge in [-0.25, -0.2) is 4.98 Å². The van der Waals surface area contributed by atoms with Crippen molar-refractivity contribution in [3.05, 3.63) is 23.4 Å². The van der Waals surface area contributed by atoms with Crippen molar-refractivity contribution in [1.82, 2.24) is 4.98 Å². The van der Waals surface area contributed by atoms with Crippen molar-refractivity contribution in [2.75, 3.05) is 17.3 Å². The van der Waals surface area contributed by atoms with Gasteiger partial charge in [-0.05, 0) is 26.0 Å². The highest BCUT2D eigenvalue weighted by atomic mass is 32.2. The van der Waals surface area contributed by atoms with Crippen LogP contribution in [0.5, 0.6) is 0 Å². The molecule has 5 heteroatoms. The average molecular weight is 237 g/mol. The molecule has 0 aromatic carbocycles. The van der Waals surface area contributed by atoms with E-state index >= 15 is 0 Å². The van der Waals surface area contributed by atoms with Gasteiger partial charge >= 0.3 is 0 Å². The third-order valence-corrected chi connectivity index (χ3v) is 2.93. The van der Waals surface area contributed by atoms with E-state index < -0.39 is 10.8 Å². The van der Waals surface area contributed by atoms with E-state index in [0.717, 1.165) is 5.69 Å². The molecule has 1 N–H and O–H groups in total. The number of aromatic nitrogens is 1. The molecule has 0 aliphatic carbocycles. The fraction of sp³-hybridized carbons (Fsp3) is 0.455. The molecule has 1 aromatic rings. The molecule has 1 aromatic heterocycles. The van der Waals surface area contributed by atoms with Crippen LogP contribution in [-0.4, -0.2) is 27.2 Å². The second-order valence-electron chi connectivity index (χ2n) is 3.78. The molecule has 2 atom stereocenters. The number of rotatable bonds is 4. The number of aryl methyl sites for hydroxylation is 1. The van der Waals surface area contributed by atoms with Crippen LogP contribution in [0.2, 0.25) is 0 Å². The summed E-state index contributed by atoms with van der Waals surface area (Å²) in [6.45, 7) is 3.78. The third-order valence-electron chi connectivity index (χ3n) is 1.96. The molecule has 0 fully saturated rings. The van der Waals surface area contributed by atoms with E-state index in [1.54, 1.807) is 18.4 Å². The zero-order valence-electron chi connectivity index (χ0n) is 9.65. The number of nitrogens with one attached hydrogen (secondary N) is 1. The molecule has 1 heterocycles. The van der Waals surface area contributed by atoms with Crippen LogP contribution in [0.1, 0.15) is 18.2 Å². The van der Waals surface area contributed by atoms with Gasteiger partial charge in [0.15, 0.2) is 0 Å². The summed E-state index contributed by atoms with van der Waals surface area (Å²) >= 11 is 0. The van der Waals surface area contributed by atoms with Crippen LogP contribution in [0, 0.1) is 18.3 Å². The molecular formula is C11H15N3OS. The fourth-order valence-electron chi connectivity index (χ4n) is 1.45. The molecule has 0 aliphatic rings. The minimum Gasteiger partial charge on any atom is -0.367 e. The van der Waals surface area contributed by atoms with E-state index in [0.29, 0.717) is 17.1 Å². The third kappa shape index (κ3) is 3.99. The lowest BCUT2D eigenvalue weighted by atomic mass is 10.2. The molecule has 0 saturated carbocycles. The first kappa shape index (κ1) is 12.7. The lowest BCUT2D eigenvalue weighted by molar-refractivity contribution is 0.683. The highest BCUT2D eigenvalue weighted by molar-refractivity contribution is 7.84. The summed E-state index contributed by atoms with van der Waals surface area (Å²) in [6.07, 6.45) is 1.67. The van der Waals surface area contributed by atoms with E-state index in [4.69, 9.17) is 5.26 Å². The van der Waals surface area contributed by atoms with E-state index in [9.17, 15) is 4.21 Å². The summed E-state index contributed by atoms with van der Waals surface area (Å²) in [5.74, 6) is 1.23. The van der Waals surface area contributed by atoms with Gasteiger partial charge in [-0.3, -0.25) is 4.21 Å². The lowest BCUT2D eigenvalue weighted by Gasteiger charge is -2.13. The first-order valence-electron chi connectivity index (χ1n) is 4.96. The minimum atomic E-state index is -0.837. The van der Waals surface area contributed by atoms with Crippen molar-refractivity contribution in [2.45, 2.75) is 19.9 Å². The standard InChI is InChI=1S/C11H15N3OS/c1-8-4-10(6-12)5-11(13-8)14-9(2)7-16(3)15/h4-5,9H,7H2,1-3H3,(H,13,14). The molecule has 4 nitrogen and oxygen atoms in total. The number of nitriles is 1. The summed E-state index contributed by atoms with van der Waals surface area (Å²) in [5.41, 5.74) is 1.38. The maximum atomic E-state index is 11.0. The van der Waals surface area contributed by atoms with Crippen LogP contribution < -0.4 is 5.32 Å². The molecule has 0 saturated heterocycles. The van der Waals surface area contributed by atoms with Gasteiger partial charge in [-0.2, -0.15) is 5.26 Å². The second-order valence-corrected chi connectivity index (χ2v) is 5.26. The first-order valence-corrected chi connectivity index (χ1v) is 6.69. The zero-order chi connectivity index (χ0) is 12.1. The monoisotopic (exact) mass is 237 g/mol. The van der Waals surface area contributed by atoms with Crippen molar-refractivity contribution < 1.29 is 4.21 Å². The number of hydrogen-bond acceptors (Lipinski definition) is 4. The van der Waals surface area contributed by atoms with Crippen LogP contribution in [0.3, 0.4) is 0 Å². The van der Waals surface area contributed by atoms with Crippen LogP contribution in [0.4, 0.5) is 5.82 Å². The van der Waals surface area contributed by atoms with Gasteiger partial charge < -0.3 is 5.32 Å². The quantitative estimate of drug-likeness (QED) is 0.860. The SMILES string of the molecule is Cc1cc(C#N)cc(NC(C)CS(C)=O)n1. The normalized spacial score (nSPS) is 13.9. The van der Waals surface area contributed by atoms with Gasteiger partial charge in [0, 0.05) is 34.5 Å². The molecule has 1 rings (SSSR count). The highest BCUT2D eigenvalue weighted by Crippen LogP contribution is 2.10. The van der Waals surface area contributed by atoms with Gasteiger partial charge in [0.25, 0.3) is 0 Å². The van der Waals surface area contributed by atoms with E-state index in [2.05, 4.69) is 16.4 Å². The Kier molecular flexibility index (Phi) is 4.44. The largest absolute Gasteiger partial charge is 0.367 e. The Labute approximate surface area is 98.2 Å². The van der Waals surface area contributed by atoms with Crippen LogP contribution in [0.25, 0.3) is 0 Å². The highest BCUT2D eigenvalue weighted by Gasteiger charge is 2.06. The van der Waals surface area contributed by atoms with Gasteiger partial charge in [-0.15, -0.1) is 0 Å². The van der Waals surface area contributed by atoms with Crippen molar-refractivity contribution >= 4 is 16.6 Å². The van der Waals surface area contributed by atoms with Gasteiger partial charge in [-0.1, -0.05) is 0 Å². The minimum absolute atomic E-state index is 0.0756. The number of nitrogens with zero attached hydrogens (tertiary/aromatic N) is 2. The molecule has 16 heavy (non-hydrogen) atoms. The van der Waals surface area contributed by atoms with Gasteiger partial charge in [0.2, 0.25) is 0 Å². The van der Waals surface area contributed by atoms with Crippen LogP contribution in [0.15, 0.2) is 12.1 Å². The number of hydrogen-bond donors (Lipinski definition) is 1. The van der Waals surface area contributed by atoms with Crippen LogP contribution in [-0.2, 0) is 10.8 Å². The summed E-state index contributed by atoms with van der Waals surface area (Å²) < 4.78 is 11.0. The molecule has 86 valence electrons. The van der Waals surface area contributed by atoms with Crippen molar-refractivity contribution in [2.24, 2.45) is 0 Å². The maximum absolute atomic E-state index is 11.0. The molecular weight excluding hydrogens is 222 g/mol. The Bertz CT molecular complexity index is 439. The van der Waals surface area contributed by atoms with Crippen LogP contribution >= 0.6 is 0 Å². The second kappa shape index (κ2) is 5.61. The fourth-order valence-corrected chi connectivity index (χ4v) is 2.24. The van der Waals surface area contributed by atoms with Gasteiger partial charge in [0.05, 0.1) is 11.6 Å². The van der Waals surface area contributed by atoms with E-state index in [1.165, 1.54) is 0 Å². The Morgan fingerprint density at radius 1 is 1.62 bits per heavy atom. The number of pyridine rings is 1. The van der Waals surface area contributed by atoms with Crippen molar-refractivity contribution in [1.29, 1.82) is 5.26 Å². The summed E-state index contributed by atoms with van der Waals surface area (Å²) in [7, 11) is -0.837. The Balaban J connectivity index is 2.77. The Morgan fingerprint density at radius 3 is 2.88 bits per heavy atom. The zero-order valence-corrected chi connectivity index (χ0v) is 10.5. The van der Waals surface area contributed by atoms with Crippen molar-refractivity contribution in [3.8, 4) is 6.07 Å². The molecule has 0 bridgehead atoms. The van der Waals surface area contributed by atoms with E-state index in [-0.39, 0.29) is 6.04 Å². The Hall–Kier alpha value is -1.41. The lowest BCUT2D eigenvalue weighted by Crippen LogP contribution is -2.23. The molecule has 2 unspecified atom stereocenters. The molecule has 0 amide bonds. The first-order chi connectivity index (χ1) is 7.51. The van der Waals surface area contributed by atoms with Crippen molar-refractivity contribution in [3.63, 3.8) is 0 Å². The predicted molar refractivity (Wildman–Crippen MR) is 65.7 cm³/mol. The molecule has 0 spiro atoms. The van der Waals surface area contributed by atoms with E-state index in [1.807, 2.05) is 13.8 Å². The van der Waals surface area contributed by atoms with Gasteiger partial charge in [0.1, 0.15) is 5.82 Å². The average Bonchev–Trinajstić information content (AvgIpc) is 2.14. The predicted octanol–water partition coefficient (Wildman–Crippen LogP) is 1.44. The maximum Gasteiger partial charge on any atom is 0.127 e. The Morgan fingerprint density at radius 2 is 2.31 bits per heavy atom.